The third-order valence-electron chi connectivity index (χ3n) is 3.61. The third-order valence-corrected chi connectivity index (χ3v) is 3.61. The highest BCUT2D eigenvalue weighted by atomic mass is 16.4. The molecular formula is C13H24N2O3. The van der Waals surface area contributed by atoms with E-state index < -0.39 is 5.97 Å². The van der Waals surface area contributed by atoms with Crippen molar-refractivity contribution in [1.29, 1.82) is 0 Å². The van der Waals surface area contributed by atoms with E-state index in [0.717, 1.165) is 19.5 Å². The van der Waals surface area contributed by atoms with Gasteiger partial charge in [0.15, 0.2) is 0 Å². The molecule has 1 rings (SSSR count). The first-order valence-electron chi connectivity index (χ1n) is 6.66. The summed E-state index contributed by atoms with van der Waals surface area (Å²) in [7, 11) is 3.94. The molecule has 1 aliphatic heterocycles. The lowest BCUT2D eigenvalue weighted by Gasteiger charge is -2.25. The van der Waals surface area contributed by atoms with E-state index in [0.29, 0.717) is 25.3 Å². The molecule has 0 radical (unpaired) electrons. The Morgan fingerprint density at radius 1 is 1.33 bits per heavy atom. The Bertz CT molecular complexity index is 294. The van der Waals surface area contributed by atoms with Crippen molar-refractivity contribution < 1.29 is 14.7 Å². The maximum Gasteiger partial charge on any atom is 0.303 e. The fraction of sp³-hybridized carbons (Fsp3) is 0.846. The second-order valence-electron chi connectivity index (χ2n) is 5.15. The Balaban J connectivity index is 2.18. The highest BCUT2D eigenvalue weighted by molar-refractivity contribution is 5.76. The number of likely N-dealkylation sites (N-methyl/N-ethyl adjacent to an activating group) is 2. The summed E-state index contributed by atoms with van der Waals surface area (Å²) in [5, 5.41) is 8.51. The molecular weight excluding hydrogens is 232 g/mol. The van der Waals surface area contributed by atoms with Gasteiger partial charge in [-0.1, -0.05) is 0 Å². The predicted molar refractivity (Wildman–Crippen MR) is 69.4 cm³/mol. The number of likely N-dealkylation sites (tertiary alicyclic amines) is 1. The Morgan fingerprint density at radius 3 is 2.56 bits per heavy atom. The van der Waals surface area contributed by atoms with Crippen LogP contribution in [0.5, 0.6) is 0 Å². The SMILES string of the molecule is CN(CC1CCCN1C)C(=O)CCCCC(=O)O. The zero-order chi connectivity index (χ0) is 13.5. The van der Waals surface area contributed by atoms with E-state index in [4.69, 9.17) is 5.11 Å². The highest BCUT2D eigenvalue weighted by Crippen LogP contribution is 2.15. The van der Waals surface area contributed by atoms with E-state index in [1.54, 1.807) is 4.90 Å². The number of hydrogen-bond acceptors (Lipinski definition) is 3. The average molecular weight is 256 g/mol. The van der Waals surface area contributed by atoms with Gasteiger partial charge in [-0.05, 0) is 39.3 Å². The first-order valence-corrected chi connectivity index (χ1v) is 6.66. The molecule has 1 atom stereocenters. The Labute approximate surface area is 109 Å². The van der Waals surface area contributed by atoms with E-state index in [1.807, 2.05) is 7.05 Å². The summed E-state index contributed by atoms with van der Waals surface area (Å²) < 4.78 is 0. The molecule has 0 spiro atoms. The number of unbranched alkanes of at least 4 members (excludes halogenated alkanes) is 1. The molecule has 0 saturated carbocycles. The van der Waals surface area contributed by atoms with Gasteiger partial charge in [-0.2, -0.15) is 0 Å². The van der Waals surface area contributed by atoms with Crippen LogP contribution in [0.3, 0.4) is 0 Å². The van der Waals surface area contributed by atoms with Crippen molar-refractivity contribution in [2.45, 2.75) is 44.6 Å². The van der Waals surface area contributed by atoms with Crippen LogP contribution in [0.15, 0.2) is 0 Å². The summed E-state index contributed by atoms with van der Waals surface area (Å²) in [6.45, 7) is 1.90. The van der Waals surface area contributed by atoms with Crippen LogP contribution < -0.4 is 0 Å². The molecule has 1 heterocycles. The summed E-state index contributed by atoms with van der Waals surface area (Å²) >= 11 is 0. The second-order valence-corrected chi connectivity index (χ2v) is 5.15. The molecule has 0 aliphatic carbocycles. The number of hydrogen-bond donors (Lipinski definition) is 1. The lowest BCUT2D eigenvalue weighted by molar-refractivity contribution is -0.137. The van der Waals surface area contributed by atoms with Crippen LogP contribution >= 0.6 is 0 Å². The molecule has 104 valence electrons. The third kappa shape index (κ3) is 5.04. The molecule has 5 heteroatoms. The number of carboxylic acids is 1. The normalized spacial score (nSPS) is 20.0. The fourth-order valence-corrected chi connectivity index (χ4v) is 2.37. The van der Waals surface area contributed by atoms with Crippen LogP contribution in [-0.2, 0) is 9.59 Å². The number of carbonyl (C=O) groups is 2. The van der Waals surface area contributed by atoms with Gasteiger partial charge in [-0.25, -0.2) is 0 Å². The molecule has 1 unspecified atom stereocenters. The number of carbonyl (C=O) groups excluding carboxylic acids is 1. The van der Waals surface area contributed by atoms with Gasteiger partial charge in [0.2, 0.25) is 5.91 Å². The monoisotopic (exact) mass is 256 g/mol. The second kappa shape index (κ2) is 7.36. The van der Waals surface area contributed by atoms with Gasteiger partial charge in [0.05, 0.1) is 0 Å². The summed E-state index contributed by atoms with van der Waals surface area (Å²) in [5.41, 5.74) is 0. The number of rotatable bonds is 7. The molecule has 5 nitrogen and oxygen atoms in total. The van der Waals surface area contributed by atoms with Crippen LogP contribution in [0.25, 0.3) is 0 Å². The number of nitrogens with zero attached hydrogens (tertiary/aromatic N) is 2. The van der Waals surface area contributed by atoms with Crippen molar-refractivity contribution in [2.75, 3.05) is 27.2 Å². The van der Waals surface area contributed by atoms with Crippen molar-refractivity contribution in [3.8, 4) is 0 Å². The molecule has 0 bridgehead atoms. The summed E-state index contributed by atoms with van der Waals surface area (Å²) in [4.78, 5) is 26.3. The molecule has 1 fully saturated rings. The summed E-state index contributed by atoms with van der Waals surface area (Å²) in [5.74, 6) is -0.663. The summed E-state index contributed by atoms with van der Waals surface area (Å²) in [6, 6.07) is 0.484. The quantitative estimate of drug-likeness (QED) is 0.695. The van der Waals surface area contributed by atoms with E-state index >= 15 is 0 Å². The molecule has 0 aromatic carbocycles. The van der Waals surface area contributed by atoms with Gasteiger partial charge in [0, 0.05) is 32.5 Å². The zero-order valence-corrected chi connectivity index (χ0v) is 11.4. The fourth-order valence-electron chi connectivity index (χ4n) is 2.37. The maximum absolute atomic E-state index is 11.8. The Hall–Kier alpha value is -1.10. The predicted octanol–water partition coefficient (Wildman–Crippen LogP) is 1.18. The molecule has 1 N–H and O–H groups in total. The van der Waals surface area contributed by atoms with Gasteiger partial charge < -0.3 is 14.9 Å². The number of aliphatic carboxylic acids is 1. The van der Waals surface area contributed by atoms with E-state index in [2.05, 4.69) is 11.9 Å². The van der Waals surface area contributed by atoms with Crippen LogP contribution in [0.1, 0.15) is 38.5 Å². The van der Waals surface area contributed by atoms with Crippen molar-refractivity contribution in [2.24, 2.45) is 0 Å². The van der Waals surface area contributed by atoms with Crippen molar-refractivity contribution in [3.05, 3.63) is 0 Å². The topological polar surface area (TPSA) is 60.9 Å². The average Bonchev–Trinajstić information content (AvgIpc) is 2.70. The summed E-state index contributed by atoms with van der Waals surface area (Å²) in [6.07, 6.45) is 4.23. The van der Waals surface area contributed by atoms with Crippen LogP contribution in [0, 0.1) is 0 Å². The highest BCUT2D eigenvalue weighted by Gasteiger charge is 2.23. The van der Waals surface area contributed by atoms with E-state index in [9.17, 15) is 9.59 Å². The van der Waals surface area contributed by atoms with Gasteiger partial charge in [-0.3, -0.25) is 9.59 Å². The standard InChI is InChI=1S/C13H24N2O3/c1-14-9-5-6-11(14)10-15(2)12(16)7-3-4-8-13(17)18/h11H,3-10H2,1-2H3,(H,17,18). The van der Waals surface area contributed by atoms with Crippen LogP contribution in [0.2, 0.25) is 0 Å². The molecule has 1 saturated heterocycles. The molecule has 0 aromatic rings. The van der Waals surface area contributed by atoms with Gasteiger partial charge in [0.1, 0.15) is 0 Å². The first-order chi connectivity index (χ1) is 8.50. The van der Waals surface area contributed by atoms with Crippen molar-refractivity contribution in [1.82, 2.24) is 9.80 Å². The van der Waals surface area contributed by atoms with E-state index in [-0.39, 0.29) is 12.3 Å². The largest absolute Gasteiger partial charge is 0.481 e. The minimum atomic E-state index is -0.789. The molecule has 1 amide bonds. The van der Waals surface area contributed by atoms with Crippen LogP contribution in [0.4, 0.5) is 0 Å². The maximum atomic E-state index is 11.8. The smallest absolute Gasteiger partial charge is 0.303 e. The minimum Gasteiger partial charge on any atom is -0.481 e. The Kier molecular flexibility index (Phi) is 6.12. The molecule has 18 heavy (non-hydrogen) atoms. The van der Waals surface area contributed by atoms with Gasteiger partial charge in [-0.15, -0.1) is 0 Å². The molecule has 1 aliphatic rings. The van der Waals surface area contributed by atoms with Gasteiger partial charge >= 0.3 is 5.97 Å². The first kappa shape index (κ1) is 15.0. The lowest BCUT2D eigenvalue weighted by Crippen LogP contribution is -2.39. The van der Waals surface area contributed by atoms with E-state index in [1.165, 1.54) is 6.42 Å². The lowest BCUT2D eigenvalue weighted by atomic mass is 10.1. The number of amides is 1. The molecule has 0 aromatic heterocycles. The zero-order valence-electron chi connectivity index (χ0n) is 11.4. The van der Waals surface area contributed by atoms with Crippen LogP contribution in [-0.4, -0.2) is 60.0 Å². The number of carboxylic acid groups (broad SMARTS) is 1. The Morgan fingerprint density at radius 2 is 2.00 bits per heavy atom. The van der Waals surface area contributed by atoms with Crippen molar-refractivity contribution in [3.63, 3.8) is 0 Å². The van der Waals surface area contributed by atoms with Crippen molar-refractivity contribution >= 4 is 11.9 Å². The minimum absolute atomic E-state index is 0.126. The van der Waals surface area contributed by atoms with Gasteiger partial charge in [0.25, 0.3) is 0 Å².